The first-order valence-electron chi connectivity index (χ1n) is 6.21. The van der Waals surface area contributed by atoms with Gasteiger partial charge in [0.05, 0.1) is 0 Å². The molecule has 0 saturated carbocycles. The maximum atomic E-state index is 10.1. The molecule has 1 heterocycles. The summed E-state index contributed by atoms with van der Waals surface area (Å²) in [6, 6.07) is 15.3. The van der Waals surface area contributed by atoms with E-state index < -0.39 is 4.87 Å². The highest BCUT2D eigenvalue weighted by atomic mass is 32.2. The van der Waals surface area contributed by atoms with Crippen LogP contribution in [0.1, 0.15) is 12.0 Å². The molecule has 3 nitrogen and oxygen atoms in total. The lowest BCUT2D eigenvalue weighted by molar-refractivity contribution is 0.273. The molecule has 1 atom stereocenters. The average Bonchev–Trinajstić information content (AvgIpc) is 2.78. The lowest BCUT2D eigenvalue weighted by Crippen LogP contribution is -2.29. The number of anilines is 1. The van der Waals surface area contributed by atoms with Crippen LogP contribution in [0.15, 0.2) is 53.4 Å². The number of thioether (sulfide) groups is 1. The van der Waals surface area contributed by atoms with Gasteiger partial charge >= 0.3 is 0 Å². The van der Waals surface area contributed by atoms with Crippen molar-refractivity contribution >= 4 is 17.4 Å². The maximum Gasteiger partial charge on any atom is 0.122 e. The highest BCUT2D eigenvalue weighted by Gasteiger charge is 2.40. The molecule has 4 heteroatoms. The fourth-order valence-corrected chi connectivity index (χ4v) is 3.82. The lowest BCUT2D eigenvalue weighted by Gasteiger charge is -2.29. The zero-order valence-corrected chi connectivity index (χ0v) is 11.2. The van der Waals surface area contributed by atoms with Crippen molar-refractivity contribution in [2.75, 3.05) is 11.9 Å². The van der Waals surface area contributed by atoms with Crippen LogP contribution in [0.2, 0.25) is 0 Å². The zero-order valence-electron chi connectivity index (χ0n) is 10.3. The summed E-state index contributed by atoms with van der Waals surface area (Å²) in [4.78, 5) is 0.642. The maximum absolute atomic E-state index is 10.1. The molecule has 2 aromatic rings. The predicted molar refractivity (Wildman–Crippen MR) is 77.4 cm³/mol. The van der Waals surface area contributed by atoms with E-state index in [-0.39, 0.29) is 12.4 Å². The van der Waals surface area contributed by atoms with E-state index in [0.29, 0.717) is 6.42 Å². The van der Waals surface area contributed by atoms with E-state index >= 15 is 0 Å². The Morgan fingerprint density at radius 1 is 1.05 bits per heavy atom. The molecule has 1 aliphatic rings. The third-order valence-corrected chi connectivity index (χ3v) is 4.76. The molecule has 0 radical (unpaired) electrons. The molecule has 1 unspecified atom stereocenters. The Bertz CT molecular complexity index is 575. The predicted octanol–water partition coefficient (Wildman–Crippen LogP) is 3.15. The molecule has 0 amide bonds. The van der Waals surface area contributed by atoms with Gasteiger partial charge in [0.1, 0.15) is 10.6 Å². The van der Waals surface area contributed by atoms with Crippen LogP contribution in [0.3, 0.4) is 0 Å². The van der Waals surface area contributed by atoms with Gasteiger partial charge in [0.15, 0.2) is 0 Å². The Labute approximate surface area is 116 Å². The number of phenolic OH excluding ortho intramolecular Hbond substituents is 1. The van der Waals surface area contributed by atoms with Crippen molar-refractivity contribution in [2.24, 2.45) is 0 Å². The first-order chi connectivity index (χ1) is 9.25. The molecule has 3 rings (SSSR count). The van der Waals surface area contributed by atoms with E-state index in [9.17, 15) is 10.2 Å². The van der Waals surface area contributed by atoms with Crippen LogP contribution >= 0.6 is 11.8 Å². The molecule has 98 valence electrons. The minimum atomic E-state index is -0.496. The number of benzene rings is 2. The molecule has 0 fully saturated rings. The summed E-state index contributed by atoms with van der Waals surface area (Å²) in [5.41, 5.74) is 1.86. The minimum Gasteiger partial charge on any atom is -0.508 e. The number of hydrogen-bond acceptors (Lipinski definition) is 4. The lowest BCUT2D eigenvalue weighted by atomic mass is 10.0. The Morgan fingerprint density at radius 2 is 1.79 bits per heavy atom. The molecule has 0 bridgehead atoms. The second kappa shape index (κ2) is 4.79. The topological polar surface area (TPSA) is 52.5 Å². The van der Waals surface area contributed by atoms with E-state index in [1.54, 1.807) is 23.9 Å². The fourth-order valence-electron chi connectivity index (χ4n) is 2.43. The van der Waals surface area contributed by atoms with Crippen molar-refractivity contribution in [3.05, 3.63) is 54.1 Å². The number of aromatic hydroxyl groups is 1. The number of rotatable bonds is 3. The summed E-state index contributed by atoms with van der Waals surface area (Å²) in [6.07, 6.45) is 0.532. The SMILES string of the molecule is OCCC1(c2ccccc2O)Nc2ccccc2S1. The number of phenols is 1. The van der Waals surface area contributed by atoms with E-state index in [1.807, 2.05) is 36.4 Å². The standard InChI is InChI=1S/C15H15NO2S/c17-10-9-15(11-5-1-3-7-13(11)18)16-12-6-2-4-8-14(12)19-15/h1-8,16-18H,9-10H2. The van der Waals surface area contributed by atoms with Gasteiger partial charge in [0.2, 0.25) is 0 Å². The fraction of sp³-hybridized carbons (Fsp3) is 0.200. The first-order valence-corrected chi connectivity index (χ1v) is 7.02. The molecule has 0 aromatic heterocycles. The first kappa shape index (κ1) is 12.4. The summed E-state index contributed by atoms with van der Waals surface area (Å²) >= 11 is 1.64. The molecule has 0 spiro atoms. The highest BCUT2D eigenvalue weighted by molar-refractivity contribution is 8.00. The van der Waals surface area contributed by atoms with Gasteiger partial charge in [-0.3, -0.25) is 0 Å². The van der Waals surface area contributed by atoms with E-state index in [2.05, 4.69) is 5.32 Å². The summed E-state index contributed by atoms with van der Waals surface area (Å²) in [6.45, 7) is 0.0579. The molecule has 3 N–H and O–H groups in total. The van der Waals surface area contributed by atoms with Gasteiger partial charge < -0.3 is 15.5 Å². The van der Waals surface area contributed by atoms with Crippen molar-refractivity contribution < 1.29 is 10.2 Å². The van der Waals surface area contributed by atoms with Crippen LogP contribution in [0.4, 0.5) is 5.69 Å². The number of aliphatic hydroxyl groups is 1. The number of para-hydroxylation sites is 2. The van der Waals surface area contributed by atoms with Crippen molar-refractivity contribution in [1.82, 2.24) is 0 Å². The molecular formula is C15H15NO2S. The molecular weight excluding hydrogens is 258 g/mol. The Morgan fingerprint density at radius 3 is 2.53 bits per heavy atom. The zero-order chi connectivity index (χ0) is 13.3. The third-order valence-electron chi connectivity index (χ3n) is 3.31. The van der Waals surface area contributed by atoms with Gasteiger partial charge in [-0.1, -0.05) is 42.1 Å². The molecule has 19 heavy (non-hydrogen) atoms. The number of hydrogen-bond donors (Lipinski definition) is 3. The number of fused-ring (bicyclic) bond motifs is 1. The summed E-state index contributed by atoms with van der Waals surface area (Å²) in [5.74, 6) is 0.253. The minimum absolute atomic E-state index is 0.0579. The average molecular weight is 273 g/mol. The Kier molecular flexibility index (Phi) is 3.12. The van der Waals surface area contributed by atoms with Gasteiger partial charge in [-0.25, -0.2) is 0 Å². The summed E-state index contributed by atoms with van der Waals surface area (Å²) in [7, 11) is 0. The van der Waals surface area contributed by atoms with Gasteiger partial charge in [0, 0.05) is 29.2 Å². The monoisotopic (exact) mass is 273 g/mol. The third kappa shape index (κ3) is 2.07. The smallest absolute Gasteiger partial charge is 0.122 e. The van der Waals surface area contributed by atoms with Crippen LogP contribution in [-0.4, -0.2) is 16.8 Å². The van der Waals surface area contributed by atoms with E-state index in [1.165, 1.54) is 0 Å². The largest absolute Gasteiger partial charge is 0.508 e. The Balaban J connectivity index is 2.07. The van der Waals surface area contributed by atoms with Crippen LogP contribution in [0.25, 0.3) is 0 Å². The van der Waals surface area contributed by atoms with Gasteiger partial charge in [-0.2, -0.15) is 0 Å². The molecule has 0 aliphatic carbocycles. The van der Waals surface area contributed by atoms with Crippen molar-refractivity contribution in [3.8, 4) is 5.75 Å². The Hall–Kier alpha value is -1.65. The van der Waals surface area contributed by atoms with Crippen LogP contribution in [0.5, 0.6) is 5.75 Å². The van der Waals surface area contributed by atoms with Crippen molar-refractivity contribution in [1.29, 1.82) is 0 Å². The molecule has 0 saturated heterocycles. The highest BCUT2D eigenvalue weighted by Crippen LogP contribution is 2.54. The quantitative estimate of drug-likeness (QED) is 0.804. The number of nitrogens with one attached hydrogen (secondary N) is 1. The summed E-state index contributed by atoms with van der Waals surface area (Å²) in [5, 5.41) is 22.9. The second-order valence-corrected chi connectivity index (χ2v) is 5.88. The normalized spacial score (nSPS) is 20.9. The van der Waals surface area contributed by atoms with Gasteiger partial charge in [-0.15, -0.1) is 0 Å². The van der Waals surface area contributed by atoms with Crippen LogP contribution in [0, 0.1) is 0 Å². The van der Waals surface area contributed by atoms with Crippen molar-refractivity contribution in [3.63, 3.8) is 0 Å². The van der Waals surface area contributed by atoms with Crippen LogP contribution < -0.4 is 5.32 Å². The van der Waals surface area contributed by atoms with Crippen molar-refractivity contribution in [2.45, 2.75) is 16.2 Å². The molecule has 1 aliphatic heterocycles. The van der Waals surface area contributed by atoms with Crippen LogP contribution in [-0.2, 0) is 4.87 Å². The van der Waals surface area contributed by atoms with Gasteiger partial charge in [-0.05, 0) is 18.2 Å². The second-order valence-electron chi connectivity index (χ2n) is 4.54. The number of aliphatic hydroxyl groups excluding tert-OH is 1. The van der Waals surface area contributed by atoms with E-state index in [4.69, 9.17) is 0 Å². The van der Waals surface area contributed by atoms with Gasteiger partial charge in [0.25, 0.3) is 0 Å². The summed E-state index contributed by atoms with van der Waals surface area (Å²) < 4.78 is 0. The molecule has 2 aromatic carbocycles. The van der Waals surface area contributed by atoms with E-state index in [0.717, 1.165) is 16.1 Å².